The van der Waals surface area contributed by atoms with Crippen molar-refractivity contribution in [2.45, 2.75) is 0 Å². The molecule has 0 spiro atoms. The van der Waals surface area contributed by atoms with Crippen LogP contribution in [0.1, 0.15) is 0 Å². The quantitative estimate of drug-likeness (QED) is 0.621. The van der Waals surface area contributed by atoms with Crippen molar-refractivity contribution in [3.8, 4) is 11.5 Å². The number of pyridine rings is 1. The van der Waals surface area contributed by atoms with Gasteiger partial charge in [-0.05, 0) is 24.3 Å². The number of hydrogen-bond donors (Lipinski definition) is 1. The average Bonchev–Trinajstić information content (AvgIpc) is 2.78. The molecule has 10 heteroatoms. The Morgan fingerprint density at radius 1 is 1.07 bits per heavy atom. The van der Waals surface area contributed by atoms with Gasteiger partial charge in [0.2, 0.25) is 10.0 Å². The maximum atomic E-state index is 12.6. The van der Waals surface area contributed by atoms with E-state index in [9.17, 15) is 13.2 Å². The van der Waals surface area contributed by atoms with Crippen molar-refractivity contribution in [1.82, 2.24) is 14.6 Å². The lowest BCUT2D eigenvalue weighted by Gasteiger charge is -2.34. The molecule has 3 rings (SSSR count). The van der Waals surface area contributed by atoms with Crippen molar-refractivity contribution in [1.29, 1.82) is 0 Å². The van der Waals surface area contributed by atoms with Gasteiger partial charge in [-0.3, -0.25) is 4.79 Å². The molecule has 1 aromatic heterocycles. The number of amides is 1. The number of sulfonamides is 1. The molecule has 162 valence electrons. The molecular formula is C20H26N4O5S. The van der Waals surface area contributed by atoms with E-state index < -0.39 is 15.9 Å². The van der Waals surface area contributed by atoms with Crippen molar-refractivity contribution >= 4 is 21.7 Å². The van der Waals surface area contributed by atoms with Gasteiger partial charge >= 0.3 is 0 Å². The Hall–Kier alpha value is -2.85. The molecule has 2 heterocycles. The van der Waals surface area contributed by atoms with Crippen LogP contribution in [0.25, 0.3) is 0 Å². The third kappa shape index (κ3) is 5.83. The number of nitrogens with one attached hydrogen (secondary N) is 1. The van der Waals surface area contributed by atoms with Crippen LogP contribution in [0.3, 0.4) is 0 Å². The first-order valence-electron chi connectivity index (χ1n) is 9.66. The molecule has 1 amide bonds. The molecular weight excluding hydrogens is 408 g/mol. The highest BCUT2D eigenvalue weighted by Crippen LogP contribution is 2.25. The van der Waals surface area contributed by atoms with Crippen LogP contribution in [0.2, 0.25) is 0 Å². The third-order valence-corrected chi connectivity index (χ3v) is 6.59. The zero-order chi connectivity index (χ0) is 21.4. The summed E-state index contributed by atoms with van der Waals surface area (Å²) in [6, 6.07) is 12.7. The monoisotopic (exact) mass is 434 g/mol. The minimum Gasteiger partial charge on any atom is -0.493 e. The molecule has 0 aliphatic carbocycles. The minimum absolute atomic E-state index is 0.0247. The van der Waals surface area contributed by atoms with E-state index in [4.69, 9.17) is 9.47 Å². The zero-order valence-corrected chi connectivity index (χ0v) is 17.7. The summed E-state index contributed by atoms with van der Waals surface area (Å²) in [4.78, 5) is 18.3. The maximum Gasteiger partial charge on any atom is 0.257 e. The lowest BCUT2D eigenvalue weighted by molar-refractivity contribution is -0.122. The lowest BCUT2D eigenvalue weighted by atomic mass is 10.3. The number of para-hydroxylation sites is 2. The number of aromatic nitrogens is 1. The summed E-state index contributed by atoms with van der Waals surface area (Å²) in [5.74, 6) is 1.27. The number of methoxy groups -OCH3 is 1. The van der Waals surface area contributed by atoms with E-state index in [1.165, 1.54) is 11.4 Å². The zero-order valence-electron chi connectivity index (χ0n) is 16.9. The summed E-state index contributed by atoms with van der Waals surface area (Å²) in [5, 5.41) is 2.59. The van der Waals surface area contributed by atoms with Gasteiger partial charge in [0.15, 0.2) is 18.1 Å². The first kappa shape index (κ1) is 21.8. The average molecular weight is 435 g/mol. The Labute approximate surface area is 176 Å². The van der Waals surface area contributed by atoms with Crippen molar-refractivity contribution in [2.75, 3.05) is 57.1 Å². The maximum absolute atomic E-state index is 12.6. The number of hydrogen-bond acceptors (Lipinski definition) is 7. The van der Waals surface area contributed by atoms with Gasteiger partial charge in [0, 0.05) is 38.9 Å². The summed E-state index contributed by atoms with van der Waals surface area (Å²) < 4.78 is 37.2. The van der Waals surface area contributed by atoms with Crippen LogP contribution >= 0.6 is 0 Å². The van der Waals surface area contributed by atoms with E-state index in [1.54, 1.807) is 30.5 Å². The molecule has 2 aromatic rings. The molecule has 0 bridgehead atoms. The standard InChI is InChI=1S/C20H26N4O5S/c1-28-17-6-2-3-7-18(17)29-16-20(25)22-10-15-30(26,27)24-13-11-23(12-14-24)19-8-4-5-9-21-19/h2-9H,10-16H2,1H3,(H,22,25). The lowest BCUT2D eigenvalue weighted by Crippen LogP contribution is -2.50. The summed E-state index contributed by atoms with van der Waals surface area (Å²) in [5.41, 5.74) is 0. The number of anilines is 1. The molecule has 9 nitrogen and oxygen atoms in total. The summed E-state index contributed by atoms with van der Waals surface area (Å²) in [6.07, 6.45) is 1.72. The van der Waals surface area contributed by atoms with Crippen molar-refractivity contribution < 1.29 is 22.7 Å². The predicted octanol–water partition coefficient (Wildman–Crippen LogP) is 0.737. The molecule has 1 fully saturated rings. The summed E-state index contributed by atoms with van der Waals surface area (Å²) in [7, 11) is -1.93. The minimum atomic E-state index is -3.45. The van der Waals surface area contributed by atoms with E-state index in [2.05, 4.69) is 15.2 Å². The largest absolute Gasteiger partial charge is 0.493 e. The molecule has 1 aliphatic rings. The van der Waals surface area contributed by atoms with Gasteiger partial charge in [-0.15, -0.1) is 0 Å². The fraction of sp³-hybridized carbons (Fsp3) is 0.400. The van der Waals surface area contributed by atoms with Crippen molar-refractivity contribution in [3.05, 3.63) is 48.7 Å². The van der Waals surface area contributed by atoms with Crippen LogP contribution in [0, 0.1) is 0 Å². The van der Waals surface area contributed by atoms with E-state index in [0.29, 0.717) is 37.7 Å². The van der Waals surface area contributed by atoms with Gasteiger partial charge < -0.3 is 19.7 Å². The highest BCUT2D eigenvalue weighted by atomic mass is 32.2. The van der Waals surface area contributed by atoms with E-state index >= 15 is 0 Å². The Morgan fingerprint density at radius 2 is 1.77 bits per heavy atom. The van der Waals surface area contributed by atoms with Crippen molar-refractivity contribution in [3.63, 3.8) is 0 Å². The number of carbonyl (C=O) groups is 1. The van der Waals surface area contributed by atoms with Gasteiger partial charge in [-0.2, -0.15) is 4.31 Å². The Kier molecular flexibility index (Phi) is 7.47. The molecule has 30 heavy (non-hydrogen) atoms. The van der Waals surface area contributed by atoms with Crippen LogP contribution in [0.15, 0.2) is 48.7 Å². The number of benzene rings is 1. The Morgan fingerprint density at radius 3 is 2.43 bits per heavy atom. The molecule has 0 saturated carbocycles. The van der Waals surface area contributed by atoms with Crippen LogP contribution in [0.4, 0.5) is 5.82 Å². The molecule has 0 atom stereocenters. The molecule has 1 aliphatic heterocycles. The van der Waals surface area contributed by atoms with Crippen LogP contribution in [-0.4, -0.2) is 75.8 Å². The molecule has 1 saturated heterocycles. The second-order valence-corrected chi connectivity index (χ2v) is 8.77. The fourth-order valence-corrected chi connectivity index (χ4v) is 4.45. The topological polar surface area (TPSA) is 101 Å². The molecule has 0 unspecified atom stereocenters. The first-order chi connectivity index (χ1) is 14.5. The number of ether oxygens (including phenoxy) is 2. The second-order valence-electron chi connectivity index (χ2n) is 6.68. The summed E-state index contributed by atoms with van der Waals surface area (Å²) >= 11 is 0. The SMILES string of the molecule is COc1ccccc1OCC(=O)NCCS(=O)(=O)N1CCN(c2ccccn2)CC1. The van der Waals surface area contributed by atoms with Gasteiger partial charge in [0.25, 0.3) is 5.91 Å². The van der Waals surface area contributed by atoms with Crippen LogP contribution < -0.4 is 19.7 Å². The first-order valence-corrected chi connectivity index (χ1v) is 11.3. The van der Waals surface area contributed by atoms with Crippen LogP contribution in [0.5, 0.6) is 11.5 Å². The highest BCUT2D eigenvalue weighted by Gasteiger charge is 2.27. The third-order valence-electron chi connectivity index (χ3n) is 4.72. The fourth-order valence-electron chi connectivity index (χ4n) is 3.12. The van der Waals surface area contributed by atoms with E-state index in [0.717, 1.165) is 5.82 Å². The van der Waals surface area contributed by atoms with Gasteiger partial charge in [-0.1, -0.05) is 18.2 Å². The van der Waals surface area contributed by atoms with E-state index in [-0.39, 0.29) is 18.9 Å². The van der Waals surface area contributed by atoms with Gasteiger partial charge in [0.05, 0.1) is 12.9 Å². The van der Waals surface area contributed by atoms with Gasteiger partial charge in [-0.25, -0.2) is 13.4 Å². The van der Waals surface area contributed by atoms with Crippen molar-refractivity contribution in [2.24, 2.45) is 0 Å². The number of rotatable bonds is 9. The summed E-state index contributed by atoms with van der Waals surface area (Å²) in [6.45, 7) is 1.75. The Bertz CT molecular complexity index is 931. The number of nitrogens with zero attached hydrogens (tertiary/aromatic N) is 3. The predicted molar refractivity (Wildman–Crippen MR) is 113 cm³/mol. The number of piperazine rings is 1. The highest BCUT2D eigenvalue weighted by molar-refractivity contribution is 7.89. The molecule has 1 aromatic carbocycles. The van der Waals surface area contributed by atoms with Crippen LogP contribution in [-0.2, 0) is 14.8 Å². The molecule has 0 radical (unpaired) electrons. The second kappa shape index (κ2) is 10.3. The van der Waals surface area contributed by atoms with Gasteiger partial charge in [0.1, 0.15) is 5.82 Å². The van der Waals surface area contributed by atoms with E-state index in [1.807, 2.05) is 18.2 Å². The normalized spacial score (nSPS) is 14.9. The smallest absolute Gasteiger partial charge is 0.257 e. The molecule has 1 N–H and O–H groups in total. The number of carbonyl (C=O) groups excluding carboxylic acids is 1. The Balaban J connectivity index is 1.40.